The molecule has 0 spiro atoms. The second kappa shape index (κ2) is 6.99. The van der Waals surface area contributed by atoms with Crippen LogP contribution in [-0.2, 0) is 6.54 Å². The lowest BCUT2D eigenvalue weighted by molar-refractivity contribution is 0.0949. The summed E-state index contributed by atoms with van der Waals surface area (Å²) in [6, 6.07) is 13.7. The first kappa shape index (κ1) is 16.9. The molecule has 8 heteroatoms. The Hall–Kier alpha value is -3.55. The van der Waals surface area contributed by atoms with Crippen LogP contribution in [0, 0.1) is 0 Å². The van der Waals surface area contributed by atoms with Crippen molar-refractivity contribution >= 4 is 16.9 Å². The van der Waals surface area contributed by atoms with Crippen LogP contribution in [0.2, 0.25) is 0 Å². The van der Waals surface area contributed by atoms with E-state index in [1.54, 1.807) is 18.2 Å². The number of para-hydroxylation sites is 2. The van der Waals surface area contributed by atoms with Crippen LogP contribution in [0.3, 0.4) is 0 Å². The molecule has 0 unspecified atom stereocenters. The topological polar surface area (TPSA) is 75.6 Å². The number of alkyl halides is 2. The molecule has 27 heavy (non-hydrogen) atoms. The molecular weight excluding hydrogens is 352 g/mol. The van der Waals surface area contributed by atoms with Crippen molar-refractivity contribution in [3.05, 3.63) is 77.6 Å². The number of nitrogens with one attached hydrogen (secondary N) is 2. The summed E-state index contributed by atoms with van der Waals surface area (Å²) in [4.78, 5) is 19.9. The van der Waals surface area contributed by atoms with Crippen LogP contribution in [0.5, 0.6) is 0 Å². The molecule has 1 amide bonds. The van der Waals surface area contributed by atoms with Gasteiger partial charge in [-0.1, -0.05) is 36.4 Å². The van der Waals surface area contributed by atoms with Gasteiger partial charge in [0.15, 0.2) is 0 Å². The predicted octanol–water partition coefficient (Wildman–Crippen LogP) is 3.62. The summed E-state index contributed by atoms with van der Waals surface area (Å²) >= 11 is 0. The SMILES string of the molecule is O=C(NCc1ccccc1C(F)F)c1cnn(-c2nc3ccccc3[nH]2)c1. The Balaban J connectivity index is 1.49. The van der Waals surface area contributed by atoms with E-state index in [2.05, 4.69) is 20.4 Å². The summed E-state index contributed by atoms with van der Waals surface area (Å²) in [5, 5.41) is 6.79. The largest absolute Gasteiger partial charge is 0.348 e. The summed E-state index contributed by atoms with van der Waals surface area (Å²) in [7, 11) is 0. The maximum atomic E-state index is 13.0. The van der Waals surface area contributed by atoms with Gasteiger partial charge in [0.25, 0.3) is 12.3 Å². The van der Waals surface area contributed by atoms with Gasteiger partial charge in [-0.25, -0.2) is 18.4 Å². The zero-order chi connectivity index (χ0) is 18.8. The van der Waals surface area contributed by atoms with E-state index >= 15 is 0 Å². The van der Waals surface area contributed by atoms with Crippen molar-refractivity contribution < 1.29 is 13.6 Å². The van der Waals surface area contributed by atoms with Gasteiger partial charge in [0.1, 0.15) is 0 Å². The molecule has 0 saturated heterocycles. The highest BCUT2D eigenvalue weighted by molar-refractivity contribution is 5.93. The van der Waals surface area contributed by atoms with Crippen LogP contribution >= 0.6 is 0 Å². The lowest BCUT2D eigenvalue weighted by Crippen LogP contribution is -2.23. The minimum absolute atomic E-state index is 0.00909. The number of imidazole rings is 1. The number of carbonyl (C=O) groups is 1. The predicted molar refractivity (Wildman–Crippen MR) is 95.8 cm³/mol. The Morgan fingerprint density at radius 2 is 1.93 bits per heavy atom. The van der Waals surface area contributed by atoms with Gasteiger partial charge < -0.3 is 10.3 Å². The first-order valence-corrected chi connectivity index (χ1v) is 8.26. The number of hydrogen-bond acceptors (Lipinski definition) is 3. The van der Waals surface area contributed by atoms with Crippen LogP contribution < -0.4 is 5.32 Å². The third-order valence-electron chi connectivity index (χ3n) is 4.17. The second-order valence-corrected chi connectivity index (χ2v) is 5.93. The maximum Gasteiger partial charge on any atom is 0.264 e. The van der Waals surface area contributed by atoms with E-state index in [0.717, 1.165) is 11.0 Å². The van der Waals surface area contributed by atoms with Gasteiger partial charge >= 0.3 is 0 Å². The van der Waals surface area contributed by atoms with Crippen LogP contribution in [-0.4, -0.2) is 25.7 Å². The van der Waals surface area contributed by atoms with E-state index in [1.165, 1.54) is 23.1 Å². The Bertz CT molecular complexity index is 1070. The standard InChI is InChI=1S/C19H15F2N5O/c20-17(21)14-6-2-1-5-12(14)9-22-18(27)13-10-23-26(11-13)19-24-15-7-3-4-8-16(15)25-19/h1-8,10-11,17H,9H2,(H,22,27)(H,24,25). The average molecular weight is 367 g/mol. The fraction of sp³-hybridized carbons (Fsp3) is 0.105. The van der Waals surface area contributed by atoms with Crippen LogP contribution in [0.4, 0.5) is 8.78 Å². The number of carbonyl (C=O) groups excluding carboxylic acids is 1. The Kier molecular flexibility index (Phi) is 4.37. The summed E-state index contributed by atoms with van der Waals surface area (Å²) in [5.41, 5.74) is 2.25. The zero-order valence-corrected chi connectivity index (χ0v) is 14.1. The molecule has 4 aromatic rings. The fourth-order valence-corrected chi connectivity index (χ4v) is 2.79. The fourth-order valence-electron chi connectivity index (χ4n) is 2.79. The number of H-pyrrole nitrogens is 1. The number of aromatic nitrogens is 4. The molecule has 0 bridgehead atoms. The molecule has 2 aromatic carbocycles. The third kappa shape index (κ3) is 3.41. The van der Waals surface area contributed by atoms with Gasteiger partial charge in [0.05, 0.1) is 22.8 Å². The average Bonchev–Trinajstić information content (AvgIpc) is 3.33. The van der Waals surface area contributed by atoms with Crippen LogP contribution in [0.1, 0.15) is 27.9 Å². The van der Waals surface area contributed by atoms with Crippen LogP contribution in [0.25, 0.3) is 17.0 Å². The normalized spacial score (nSPS) is 11.2. The molecule has 2 N–H and O–H groups in total. The number of fused-ring (bicyclic) bond motifs is 1. The molecule has 0 saturated carbocycles. The molecule has 0 atom stereocenters. The number of amides is 1. The van der Waals surface area contributed by atoms with Crippen molar-refractivity contribution in [3.63, 3.8) is 0 Å². The number of aromatic amines is 1. The Morgan fingerprint density at radius 1 is 1.15 bits per heavy atom. The second-order valence-electron chi connectivity index (χ2n) is 5.93. The quantitative estimate of drug-likeness (QED) is 0.566. The highest BCUT2D eigenvalue weighted by atomic mass is 19.3. The Morgan fingerprint density at radius 3 is 2.74 bits per heavy atom. The van der Waals surface area contributed by atoms with Crippen molar-refractivity contribution in [2.75, 3.05) is 0 Å². The number of rotatable bonds is 5. The van der Waals surface area contributed by atoms with Gasteiger partial charge in [-0.3, -0.25) is 4.79 Å². The van der Waals surface area contributed by atoms with E-state index in [9.17, 15) is 13.6 Å². The molecular formula is C19H15F2N5O. The Labute approximate surface area is 152 Å². The lowest BCUT2D eigenvalue weighted by atomic mass is 10.1. The molecule has 0 fully saturated rings. The minimum Gasteiger partial charge on any atom is -0.348 e. The third-order valence-corrected chi connectivity index (χ3v) is 4.17. The van der Waals surface area contributed by atoms with Crippen molar-refractivity contribution in [1.29, 1.82) is 0 Å². The molecule has 0 aliphatic carbocycles. The number of halogens is 2. The summed E-state index contributed by atoms with van der Waals surface area (Å²) in [5.74, 6) is 0.0831. The first-order chi connectivity index (χ1) is 13.1. The van der Waals surface area contributed by atoms with E-state index in [0.29, 0.717) is 17.1 Å². The summed E-state index contributed by atoms with van der Waals surface area (Å²) in [6.07, 6.45) is 0.349. The van der Waals surface area contributed by atoms with Crippen molar-refractivity contribution in [2.45, 2.75) is 13.0 Å². The smallest absolute Gasteiger partial charge is 0.264 e. The first-order valence-electron chi connectivity index (χ1n) is 8.26. The van der Waals surface area contributed by atoms with Crippen molar-refractivity contribution in [1.82, 2.24) is 25.1 Å². The molecule has 6 nitrogen and oxygen atoms in total. The molecule has 0 aliphatic rings. The van der Waals surface area contributed by atoms with E-state index in [4.69, 9.17) is 0 Å². The number of benzene rings is 2. The maximum absolute atomic E-state index is 13.0. The lowest BCUT2D eigenvalue weighted by Gasteiger charge is -2.09. The molecule has 2 heterocycles. The molecule has 0 aliphatic heterocycles. The van der Waals surface area contributed by atoms with E-state index < -0.39 is 12.3 Å². The van der Waals surface area contributed by atoms with Gasteiger partial charge in [0, 0.05) is 18.3 Å². The van der Waals surface area contributed by atoms with Gasteiger partial charge in [-0.05, 0) is 17.7 Å². The van der Waals surface area contributed by atoms with Crippen molar-refractivity contribution in [2.24, 2.45) is 0 Å². The number of nitrogens with zero attached hydrogens (tertiary/aromatic N) is 3. The highest BCUT2D eigenvalue weighted by Crippen LogP contribution is 2.22. The molecule has 136 valence electrons. The molecule has 2 aromatic heterocycles. The highest BCUT2D eigenvalue weighted by Gasteiger charge is 2.15. The molecule has 4 rings (SSSR count). The summed E-state index contributed by atoms with van der Waals surface area (Å²) < 4.78 is 27.5. The van der Waals surface area contributed by atoms with Crippen molar-refractivity contribution in [3.8, 4) is 5.95 Å². The van der Waals surface area contributed by atoms with Gasteiger partial charge in [-0.15, -0.1) is 0 Å². The summed E-state index contributed by atoms with van der Waals surface area (Å²) in [6.45, 7) is 0.00909. The monoisotopic (exact) mass is 367 g/mol. The zero-order valence-electron chi connectivity index (χ0n) is 14.1. The van der Waals surface area contributed by atoms with E-state index in [-0.39, 0.29) is 12.1 Å². The minimum atomic E-state index is -2.59. The number of hydrogen-bond donors (Lipinski definition) is 2. The van der Waals surface area contributed by atoms with E-state index in [1.807, 2.05) is 24.3 Å². The van der Waals surface area contributed by atoms with Gasteiger partial charge in [-0.2, -0.15) is 5.10 Å². The van der Waals surface area contributed by atoms with Gasteiger partial charge in [0.2, 0.25) is 5.95 Å². The van der Waals surface area contributed by atoms with Crippen LogP contribution in [0.15, 0.2) is 60.9 Å². The molecule has 0 radical (unpaired) electrons.